The van der Waals surface area contributed by atoms with Gasteiger partial charge in [0.2, 0.25) is 0 Å². The lowest BCUT2D eigenvalue weighted by atomic mass is 10.2. The first-order valence-electron chi connectivity index (χ1n) is 8.71. The van der Waals surface area contributed by atoms with Gasteiger partial charge in [-0.2, -0.15) is 14.6 Å². The van der Waals surface area contributed by atoms with Crippen LogP contribution in [0, 0.1) is 5.82 Å². The van der Waals surface area contributed by atoms with Crippen molar-refractivity contribution < 1.29 is 13.9 Å². The van der Waals surface area contributed by atoms with Gasteiger partial charge in [-0.1, -0.05) is 0 Å². The van der Waals surface area contributed by atoms with Crippen LogP contribution < -0.4 is 14.5 Å². The lowest BCUT2D eigenvalue weighted by molar-refractivity contribution is 0.181. The highest BCUT2D eigenvalue weighted by atomic mass is 19.1. The molecule has 0 atom stereocenters. The van der Waals surface area contributed by atoms with Crippen LogP contribution >= 0.6 is 0 Å². The molecule has 9 heteroatoms. The molecular formula is C18H21FN6O2. The summed E-state index contributed by atoms with van der Waals surface area (Å²) in [5.74, 6) is 1.75. The van der Waals surface area contributed by atoms with Crippen LogP contribution in [0.2, 0.25) is 0 Å². The van der Waals surface area contributed by atoms with Gasteiger partial charge in [-0.15, -0.1) is 0 Å². The second kappa shape index (κ2) is 7.36. The Labute approximate surface area is 156 Å². The van der Waals surface area contributed by atoms with Gasteiger partial charge in [0.1, 0.15) is 23.7 Å². The monoisotopic (exact) mass is 372 g/mol. The van der Waals surface area contributed by atoms with Crippen LogP contribution in [0.15, 0.2) is 30.6 Å². The predicted molar refractivity (Wildman–Crippen MR) is 98.9 cm³/mol. The average Bonchev–Trinajstić information content (AvgIpc) is 3.16. The molecule has 0 radical (unpaired) electrons. The van der Waals surface area contributed by atoms with E-state index in [0.717, 1.165) is 43.4 Å². The number of piperazine rings is 1. The molecule has 3 aromatic rings. The Balaban J connectivity index is 1.56. The fraction of sp³-hybridized carbons (Fsp3) is 0.389. The second-order valence-electron chi connectivity index (χ2n) is 6.30. The number of methoxy groups -OCH3 is 2. The summed E-state index contributed by atoms with van der Waals surface area (Å²) >= 11 is 0. The van der Waals surface area contributed by atoms with E-state index in [4.69, 9.17) is 9.47 Å². The number of nitrogens with zero attached hydrogens (tertiary/aromatic N) is 6. The van der Waals surface area contributed by atoms with Crippen molar-refractivity contribution in [2.45, 2.75) is 6.61 Å². The van der Waals surface area contributed by atoms with Crippen molar-refractivity contribution in [3.05, 3.63) is 42.1 Å². The van der Waals surface area contributed by atoms with Gasteiger partial charge >= 0.3 is 0 Å². The molecule has 1 fully saturated rings. The Hall–Kier alpha value is -2.94. The van der Waals surface area contributed by atoms with E-state index in [-0.39, 0.29) is 5.82 Å². The van der Waals surface area contributed by atoms with Gasteiger partial charge in [0.15, 0.2) is 0 Å². The molecule has 1 saturated heterocycles. The van der Waals surface area contributed by atoms with Gasteiger partial charge in [-0.3, -0.25) is 0 Å². The zero-order chi connectivity index (χ0) is 18.8. The van der Waals surface area contributed by atoms with E-state index in [9.17, 15) is 4.39 Å². The molecule has 0 saturated carbocycles. The van der Waals surface area contributed by atoms with Crippen molar-refractivity contribution >= 4 is 17.3 Å². The van der Waals surface area contributed by atoms with Gasteiger partial charge in [-0.05, 0) is 12.1 Å². The molecule has 0 spiro atoms. The third-order valence-corrected chi connectivity index (χ3v) is 4.66. The van der Waals surface area contributed by atoms with Crippen LogP contribution in [0.4, 0.5) is 15.9 Å². The summed E-state index contributed by atoms with van der Waals surface area (Å²) in [6.07, 6.45) is 1.50. The van der Waals surface area contributed by atoms with E-state index in [1.165, 1.54) is 18.5 Å². The van der Waals surface area contributed by atoms with E-state index in [0.29, 0.717) is 18.1 Å². The molecule has 1 aliphatic heterocycles. The zero-order valence-electron chi connectivity index (χ0n) is 15.3. The molecule has 0 bridgehead atoms. The van der Waals surface area contributed by atoms with Crippen LogP contribution in [-0.4, -0.2) is 60.0 Å². The molecule has 0 N–H and O–H groups in total. The van der Waals surface area contributed by atoms with E-state index < -0.39 is 0 Å². The van der Waals surface area contributed by atoms with Crippen LogP contribution in [0.1, 0.15) is 5.69 Å². The molecule has 4 rings (SSSR count). The summed E-state index contributed by atoms with van der Waals surface area (Å²) in [4.78, 5) is 13.1. The molecule has 142 valence electrons. The maximum Gasteiger partial charge on any atom is 0.254 e. The fourth-order valence-corrected chi connectivity index (χ4v) is 3.38. The third kappa shape index (κ3) is 3.37. The number of anilines is 2. The van der Waals surface area contributed by atoms with Crippen LogP contribution in [0.25, 0.3) is 5.78 Å². The quantitative estimate of drug-likeness (QED) is 0.676. The second-order valence-corrected chi connectivity index (χ2v) is 6.30. The van der Waals surface area contributed by atoms with Crippen molar-refractivity contribution in [2.24, 2.45) is 0 Å². The van der Waals surface area contributed by atoms with Gasteiger partial charge in [0, 0.05) is 45.4 Å². The molecular weight excluding hydrogens is 351 g/mol. The maximum atomic E-state index is 13.5. The minimum atomic E-state index is -0.301. The van der Waals surface area contributed by atoms with Gasteiger partial charge in [0.25, 0.3) is 5.78 Å². The van der Waals surface area contributed by atoms with Crippen LogP contribution in [0.5, 0.6) is 5.75 Å². The summed E-state index contributed by atoms with van der Waals surface area (Å²) in [5, 5.41) is 4.29. The summed E-state index contributed by atoms with van der Waals surface area (Å²) in [5.41, 5.74) is 1.72. The summed E-state index contributed by atoms with van der Waals surface area (Å²) in [6.45, 7) is 3.54. The SMILES string of the molecule is COCc1cc(N2CCN(c3ccc(F)cc3OC)CC2)n2ncnc2n1. The third-order valence-electron chi connectivity index (χ3n) is 4.66. The molecule has 27 heavy (non-hydrogen) atoms. The molecule has 3 heterocycles. The number of fused-ring (bicyclic) bond motifs is 1. The topological polar surface area (TPSA) is 68.0 Å². The number of hydrogen-bond acceptors (Lipinski definition) is 7. The van der Waals surface area contributed by atoms with Crippen molar-refractivity contribution in [3.63, 3.8) is 0 Å². The first-order chi connectivity index (χ1) is 13.2. The van der Waals surface area contributed by atoms with E-state index >= 15 is 0 Å². The normalized spacial score (nSPS) is 14.8. The van der Waals surface area contributed by atoms with E-state index in [1.54, 1.807) is 24.8 Å². The van der Waals surface area contributed by atoms with Gasteiger partial charge < -0.3 is 19.3 Å². The van der Waals surface area contributed by atoms with Crippen LogP contribution in [0.3, 0.4) is 0 Å². The first-order valence-corrected chi connectivity index (χ1v) is 8.71. The molecule has 0 unspecified atom stereocenters. The number of hydrogen-bond donors (Lipinski definition) is 0. The standard InChI is InChI=1S/C18H21FN6O2/c1-26-11-14-10-17(25-18(22-14)20-12-21-25)24-7-5-23(6-8-24)15-4-3-13(19)9-16(15)27-2/h3-4,9-10,12H,5-8,11H2,1-2H3. The van der Waals surface area contributed by atoms with E-state index in [2.05, 4.69) is 24.9 Å². The average molecular weight is 372 g/mol. The lowest BCUT2D eigenvalue weighted by Crippen LogP contribution is -2.47. The van der Waals surface area contributed by atoms with E-state index in [1.807, 2.05) is 6.07 Å². The van der Waals surface area contributed by atoms with Crippen molar-refractivity contribution in [3.8, 4) is 5.75 Å². The molecule has 0 aliphatic carbocycles. The number of aromatic nitrogens is 4. The summed E-state index contributed by atoms with van der Waals surface area (Å²) < 4.78 is 25.8. The number of ether oxygens (including phenoxy) is 2. The minimum Gasteiger partial charge on any atom is -0.494 e. The Bertz CT molecular complexity index is 939. The highest BCUT2D eigenvalue weighted by molar-refractivity contribution is 5.60. The summed E-state index contributed by atoms with van der Waals surface area (Å²) in [6, 6.07) is 6.63. The number of benzene rings is 1. The number of halogens is 1. The highest BCUT2D eigenvalue weighted by Crippen LogP contribution is 2.30. The Morgan fingerprint density at radius 1 is 1.07 bits per heavy atom. The fourth-order valence-electron chi connectivity index (χ4n) is 3.38. The molecule has 0 amide bonds. The smallest absolute Gasteiger partial charge is 0.254 e. The Kier molecular flexibility index (Phi) is 4.76. The highest BCUT2D eigenvalue weighted by Gasteiger charge is 2.23. The summed E-state index contributed by atoms with van der Waals surface area (Å²) in [7, 11) is 3.20. The Morgan fingerprint density at radius 3 is 2.59 bits per heavy atom. The van der Waals surface area contributed by atoms with Crippen molar-refractivity contribution in [1.82, 2.24) is 19.6 Å². The maximum absolute atomic E-state index is 13.5. The number of rotatable bonds is 5. The van der Waals surface area contributed by atoms with Crippen molar-refractivity contribution in [2.75, 3.05) is 50.2 Å². The molecule has 1 aromatic carbocycles. The first kappa shape index (κ1) is 17.5. The predicted octanol–water partition coefficient (Wildman–Crippen LogP) is 1.75. The minimum absolute atomic E-state index is 0.301. The largest absolute Gasteiger partial charge is 0.494 e. The molecule has 2 aromatic heterocycles. The van der Waals surface area contributed by atoms with Gasteiger partial charge in [-0.25, -0.2) is 9.37 Å². The Morgan fingerprint density at radius 2 is 1.85 bits per heavy atom. The van der Waals surface area contributed by atoms with Crippen molar-refractivity contribution in [1.29, 1.82) is 0 Å². The lowest BCUT2D eigenvalue weighted by Gasteiger charge is -2.37. The van der Waals surface area contributed by atoms with Crippen LogP contribution in [-0.2, 0) is 11.3 Å². The van der Waals surface area contributed by atoms with Gasteiger partial charge in [0.05, 0.1) is 25.1 Å². The zero-order valence-corrected chi connectivity index (χ0v) is 15.3. The molecule has 8 nitrogen and oxygen atoms in total. The molecule has 1 aliphatic rings.